The first-order valence-corrected chi connectivity index (χ1v) is 7.92. The summed E-state index contributed by atoms with van der Waals surface area (Å²) in [6, 6.07) is 0.739. The van der Waals surface area contributed by atoms with Crippen molar-refractivity contribution in [2.75, 3.05) is 13.6 Å². The summed E-state index contributed by atoms with van der Waals surface area (Å²) in [7, 11) is 2.33. The second-order valence-corrected chi connectivity index (χ2v) is 8.25. The van der Waals surface area contributed by atoms with Gasteiger partial charge in [-0.05, 0) is 55.4 Å². The van der Waals surface area contributed by atoms with E-state index in [4.69, 9.17) is 0 Å². The van der Waals surface area contributed by atoms with Crippen molar-refractivity contribution in [1.29, 1.82) is 0 Å². The highest BCUT2D eigenvalue weighted by molar-refractivity contribution is 5.11. The molecule has 2 rings (SSSR count). The average molecular weight is 251 g/mol. The van der Waals surface area contributed by atoms with E-state index in [-0.39, 0.29) is 0 Å². The van der Waals surface area contributed by atoms with Crippen LogP contribution in [0.4, 0.5) is 0 Å². The van der Waals surface area contributed by atoms with Crippen molar-refractivity contribution in [2.45, 2.75) is 66.8 Å². The number of hydrogen-bond acceptors (Lipinski definition) is 1. The Kier molecular flexibility index (Phi) is 3.60. The van der Waals surface area contributed by atoms with E-state index in [1.54, 1.807) is 0 Å². The fourth-order valence-electron chi connectivity index (χ4n) is 5.60. The van der Waals surface area contributed by atoms with E-state index in [9.17, 15) is 0 Å². The van der Waals surface area contributed by atoms with Crippen LogP contribution in [0.25, 0.3) is 0 Å². The van der Waals surface area contributed by atoms with Crippen LogP contribution >= 0.6 is 0 Å². The average Bonchev–Trinajstić information content (AvgIpc) is 2.40. The van der Waals surface area contributed by atoms with Gasteiger partial charge in [0.25, 0.3) is 0 Å². The minimum Gasteiger partial charge on any atom is -0.303 e. The molecule has 0 aromatic rings. The fraction of sp³-hybridized carbons (Fsp3) is 1.00. The Labute approximate surface area is 114 Å². The van der Waals surface area contributed by atoms with Gasteiger partial charge in [0, 0.05) is 12.6 Å². The van der Waals surface area contributed by atoms with Crippen LogP contribution in [0.3, 0.4) is 0 Å². The monoisotopic (exact) mass is 251 g/mol. The third-order valence-electron chi connectivity index (χ3n) is 6.43. The molecule has 1 heteroatoms. The van der Waals surface area contributed by atoms with Crippen LogP contribution in [0.2, 0.25) is 0 Å². The Morgan fingerprint density at radius 3 is 2.17 bits per heavy atom. The molecule has 4 atom stereocenters. The quantitative estimate of drug-likeness (QED) is 0.666. The summed E-state index contributed by atoms with van der Waals surface area (Å²) in [4.78, 5) is 2.62. The number of hydrogen-bond donors (Lipinski definition) is 0. The Hall–Kier alpha value is -0.0400. The van der Waals surface area contributed by atoms with Crippen molar-refractivity contribution in [2.24, 2.45) is 28.6 Å². The van der Waals surface area contributed by atoms with Gasteiger partial charge in [-0.2, -0.15) is 0 Å². The second-order valence-electron chi connectivity index (χ2n) is 8.25. The van der Waals surface area contributed by atoms with Gasteiger partial charge in [0.2, 0.25) is 0 Å². The first kappa shape index (κ1) is 14.4. The molecule has 0 aromatic heterocycles. The van der Waals surface area contributed by atoms with Crippen molar-refractivity contribution in [1.82, 2.24) is 4.90 Å². The molecule has 0 N–H and O–H groups in total. The zero-order valence-corrected chi connectivity index (χ0v) is 13.6. The minimum absolute atomic E-state index is 0.463. The topological polar surface area (TPSA) is 3.24 Å². The Balaban J connectivity index is 2.45. The molecule has 4 unspecified atom stereocenters. The Morgan fingerprint density at radius 1 is 1.11 bits per heavy atom. The van der Waals surface area contributed by atoms with E-state index >= 15 is 0 Å². The van der Waals surface area contributed by atoms with Gasteiger partial charge >= 0.3 is 0 Å². The van der Waals surface area contributed by atoms with E-state index in [0.717, 1.165) is 23.8 Å². The molecule has 1 spiro atoms. The predicted molar refractivity (Wildman–Crippen MR) is 79.6 cm³/mol. The summed E-state index contributed by atoms with van der Waals surface area (Å²) >= 11 is 0. The molecular weight excluding hydrogens is 218 g/mol. The van der Waals surface area contributed by atoms with E-state index in [1.165, 1.54) is 25.8 Å². The zero-order chi connectivity index (χ0) is 13.7. The molecule has 1 saturated heterocycles. The third-order valence-corrected chi connectivity index (χ3v) is 6.43. The molecule has 0 amide bonds. The van der Waals surface area contributed by atoms with Crippen molar-refractivity contribution in [3.8, 4) is 0 Å². The first-order valence-electron chi connectivity index (χ1n) is 7.92. The summed E-state index contributed by atoms with van der Waals surface area (Å²) in [6.07, 6.45) is 4.33. The summed E-state index contributed by atoms with van der Waals surface area (Å²) in [6.45, 7) is 16.2. The van der Waals surface area contributed by atoms with Gasteiger partial charge in [-0.1, -0.05) is 41.0 Å². The van der Waals surface area contributed by atoms with Crippen LogP contribution < -0.4 is 0 Å². The first-order chi connectivity index (χ1) is 8.22. The summed E-state index contributed by atoms with van der Waals surface area (Å²) in [5, 5.41) is 0. The lowest BCUT2D eigenvalue weighted by Crippen LogP contribution is -2.52. The van der Waals surface area contributed by atoms with Crippen LogP contribution in [0, 0.1) is 28.6 Å². The van der Waals surface area contributed by atoms with E-state index in [1.807, 2.05) is 0 Å². The van der Waals surface area contributed by atoms with Gasteiger partial charge in [0.05, 0.1) is 0 Å². The lowest BCUT2D eigenvalue weighted by atomic mass is 9.49. The maximum Gasteiger partial charge on any atom is 0.0129 e. The molecule has 2 aliphatic rings. The maximum absolute atomic E-state index is 2.62. The van der Waals surface area contributed by atoms with Crippen molar-refractivity contribution in [3.05, 3.63) is 0 Å². The van der Waals surface area contributed by atoms with Gasteiger partial charge in [-0.15, -0.1) is 0 Å². The Morgan fingerprint density at radius 2 is 1.72 bits per heavy atom. The SMILES string of the molecule is CC1CCC(C(C)C)C2(C1)C(C)N(C)CC2(C)C. The van der Waals surface area contributed by atoms with Crippen molar-refractivity contribution in [3.63, 3.8) is 0 Å². The van der Waals surface area contributed by atoms with Gasteiger partial charge in [-0.3, -0.25) is 0 Å². The molecule has 2 fully saturated rings. The molecule has 0 radical (unpaired) electrons. The molecular formula is C17H33N. The van der Waals surface area contributed by atoms with E-state index in [0.29, 0.717) is 10.8 Å². The molecule has 1 aliphatic carbocycles. The van der Waals surface area contributed by atoms with Gasteiger partial charge in [0.15, 0.2) is 0 Å². The number of rotatable bonds is 1. The molecule has 1 saturated carbocycles. The van der Waals surface area contributed by atoms with Crippen molar-refractivity contribution >= 4 is 0 Å². The van der Waals surface area contributed by atoms with Crippen LogP contribution in [-0.4, -0.2) is 24.5 Å². The molecule has 0 bridgehead atoms. The summed E-state index contributed by atoms with van der Waals surface area (Å²) in [5.41, 5.74) is 0.998. The fourth-order valence-corrected chi connectivity index (χ4v) is 5.60. The molecule has 106 valence electrons. The molecule has 0 aromatic carbocycles. The van der Waals surface area contributed by atoms with E-state index in [2.05, 4.69) is 53.5 Å². The van der Waals surface area contributed by atoms with Crippen LogP contribution in [-0.2, 0) is 0 Å². The van der Waals surface area contributed by atoms with Crippen LogP contribution in [0.5, 0.6) is 0 Å². The predicted octanol–water partition coefficient (Wildman–Crippen LogP) is 4.43. The smallest absolute Gasteiger partial charge is 0.0129 e. The molecule has 1 heterocycles. The number of nitrogens with zero attached hydrogens (tertiary/aromatic N) is 1. The highest BCUT2D eigenvalue weighted by Crippen LogP contribution is 2.62. The van der Waals surface area contributed by atoms with Gasteiger partial charge in [0.1, 0.15) is 0 Å². The standard InChI is InChI=1S/C17H33N/c1-12(2)15-9-8-13(3)10-17(15)14(4)18(7)11-16(17,5)6/h12-15H,8-11H2,1-7H3. The highest BCUT2D eigenvalue weighted by Gasteiger charge is 2.61. The normalized spacial score (nSPS) is 45.0. The van der Waals surface area contributed by atoms with Crippen molar-refractivity contribution < 1.29 is 0 Å². The van der Waals surface area contributed by atoms with Crippen LogP contribution in [0.15, 0.2) is 0 Å². The summed E-state index contributed by atoms with van der Waals surface area (Å²) < 4.78 is 0. The third kappa shape index (κ3) is 1.85. The van der Waals surface area contributed by atoms with Gasteiger partial charge in [-0.25, -0.2) is 0 Å². The largest absolute Gasteiger partial charge is 0.303 e. The lowest BCUT2D eigenvalue weighted by Gasteiger charge is -2.55. The zero-order valence-electron chi connectivity index (χ0n) is 13.6. The Bertz CT molecular complexity index is 307. The molecule has 1 aliphatic heterocycles. The van der Waals surface area contributed by atoms with Crippen LogP contribution in [0.1, 0.15) is 60.8 Å². The second kappa shape index (κ2) is 4.51. The van der Waals surface area contributed by atoms with E-state index < -0.39 is 0 Å². The number of likely N-dealkylation sites (tertiary alicyclic amines) is 1. The highest BCUT2D eigenvalue weighted by atomic mass is 15.2. The molecule has 18 heavy (non-hydrogen) atoms. The van der Waals surface area contributed by atoms with Gasteiger partial charge < -0.3 is 4.90 Å². The molecule has 1 nitrogen and oxygen atoms in total. The summed E-state index contributed by atoms with van der Waals surface area (Å²) in [5.74, 6) is 2.64. The maximum atomic E-state index is 2.62. The lowest BCUT2D eigenvalue weighted by molar-refractivity contribution is -0.0559. The minimum atomic E-state index is 0.463.